The Labute approximate surface area is 205 Å². The molecule has 1 amide bonds. The fourth-order valence-electron chi connectivity index (χ4n) is 3.65. The first-order valence-electron chi connectivity index (χ1n) is 10.5. The minimum Gasteiger partial charge on any atom is -0.283 e. The number of anilines is 1. The number of fused-ring (bicyclic) bond motifs is 1. The molecule has 8 nitrogen and oxygen atoms in total. The van der Waals surface area contributed by atoms with Crippen LogP contribution in [0.4, 0.5) is 10.8 Å². The van der Waals surface area contributed by atoms with E-state index in [2.05, 4.69) is 5.10 Å². The van der Waals surface area contributed by atoms with Crippen molar-refractivity contribution < 1.29 is 9.72 Å². The van der Waals surface area contributed by atoms with Crippen LogP contribution < -0.4 is 4.90 Å². The summed E-state index contributed by atoms with van der Waals surface area (Å²) in [4.78, 5) is 30.2. The zero-order valence-corrected chi connectivity index (χ0v) is 20.4. The van der Waals surface area contributed by atoms with Crippen molar-refractivity contribution in [2.24, 2.45) is 0 Å². The van der Waals surface area contributed by atoms with Gasteiger partial charge in [0.25, 0.3) is 11.6 Å². The van der Waals surface area contributed by atoms with E-state index in [1.54, 1.807) is 23.1 Å². The molecule has 4 rings (SSSR count). The summed E-state index contributed by atoms with van der Waals surface area (Å²) in [6.07, 6.45) is 2.98. The molecule has 34 heavy (non-hydrogen) atoms. The van der Waals surface area contributed by atoms with Crippen LogP contribution in [0.1, 0.15) is 22.5 Å². The second-order valence-electron chi connectivity index (χ2n) is 7.89. The Morgan fingerprint density at radius 2 is 2.03 bits per heavy atom. The van der Waals surface area contributed by atoms with E-state index in [-0.39, 0.29) is 11.6 Å². The molecule has 0 saturated heterocycles. The maximum atomic E-state index is 13.3. The monoisotopic (exact) mass is 495 g/mol. The molecule has 0 aliphatic rings. The third-order valence-corrected chi connectivity index (χ3v) is 6.52. The van der Waals surface area contributed by atoms with Gasteiger partial charge in [0, 0.05) is 35.5 Å². The van der Waals surface area contributed by atoms with Gasteiger partial charge in [-0.25, -0.2) is 4.98 Å². The summed E-state index contributed by atoms with van der Waals surface area (Å²) in [5.41, 5.74) is 4.18. The molecular weight excluding hydrogens is 474 g/mol. The number of amides is 1. The normalized spacial score (nSPS) is 11.4. The highest BCUT2D eigenvalue weighted by atomic mass is 35.5. The molecule has 0 fully saturated rings. The number of halogens is 1. The van der Waals surface area contributed by atoms with E-state index in [4.69, 9.17) is 16.6 Å². The van der Waals surface area contributed by atoms with Gasteiger partial charge in [-0.2, -0.15) is 5.10 Å². The van der Waals surface area contributed by atoms with E-state index in [9.17, 15) is 14.9 Å². The van der Waals surface area contributed by atoms with Crippen molar-refractivity contribution in [1.82, 2.24) is 14.8 Å². The number of hydrogen-bond acceptors (Lipinski definition) is 6. The predicted molar refractivity (Wildman–Crippen MR) is 136 cm³/mol. The Balaban J connectivity index is 1.66. The van der Waals surface area contributed by atoms with Crippen LogP contribution in [-0.2, 0) is 11.3 Å². The Kier molecular flexibility index (Phi) is 6.76. The molecule has 0 aliphatic carbocycles. The number of nitrogens with zero attached hydrogens (tertiary/aromatic N) is 5. The van der Waals surface area contributed by atoms with Gasteiger partial charge in [-0.05, 0) is 56.2 Å². The van der Waals surface area contributed by atoms with Crippen LogP contribution in [0.15, 0.2) is 48.5 Å². The maximum absolute atomic E-state index is 13.3. The number of nitro benzene ring substituents is 1. The highest BCUT2D eigenvalue weighted by Crippen LogP contribution is 2.33. The average molecular weight is 496 g/mol. The minimum absolute atomic E-state index is 0.0329. The van der Waals surface area contributed by atoms with E-state index in [1.165, 1.54) is 29.5 Å². The second kappa shape index (κ2) is 9.74. The predicted octanol–water partition coefficient (Wildman–Crippen LogP) is 5.73. The summed E-state index contributed by atoms with van der Waals surface area (Å²) in [5.74, 6) is -0.282. The van der Waals surface area contributed by atoms with Gasteiger partial charge in [-0.15, -0.1) is 0 Å². The largest absolute Gasteiger partial charge is 0.283 e. The standard InChI is InChI=1S/C24H22ClN5O3S/c1-15-11-19(25)14-21-23(15)26-24(34-21)28(9-10-29-17(3)12-16(2)27-29)22(31)8-7-18-5-4-6-20(13-18)30(32)33/h4-8,11-14H,9-10H2,1-3H3. The van der Waals surface area contributed by atoms with Crippen LogP contribution in [0.3, 0.4) is 0 Å². The molecule has 0 atom stereocenters. The number of benzene rings is 2. The Morgan fingerprint density at radius 3 is 2.74 bits per heavy atom. The Hall–Kier alpha value is -3.56. The van der Waals surface area contributed by atoms with E-state index >= 15 is 0 Å². The van der Waals surface area contributed by atoms with Gasteiger partial charge in [0.2, 0.25) is 0 Å². The highest BCUT2D eigenvalue weighted by Gasteiger charge is 2.20. The fourth-order valence-corrected chi connectivity index (χ4v) is 5.11. The lowest BCUT2D eigenvalue weighted by Gasteiger charge is -2.18. The SMILES string of the molecule is Cc1cc(C)n(CCN(C(=O)C=Cc2cccc([N+](=O)[O-])c2)c2nc3c(C)cc(Cl)cc3s2)n1. The van der Waals surface area contributed by atoms with Crippen molar-refractivity contribution in [1.29, 1.82) is 0 Å². The van der Waals surface area contributed by atoms with Crippen LogP contribution in [0.5, 0.6) is 0 Å². The lowest BCUT2D eigenvalue weighted by atomic mass is 10.2. The van der Waals surface area contributed by atoms with E-state index < -0.39 is 4.92 Å². The number of nitro groups is 1. The van der Waals surface area contributed by atoms with Crippen molar-refractivity contribution in [3.05, 3.63) is 86.2 Å². The van der Waals surface area contributed by atoms with Crippen molar-refractivity contribution in [3.8, 4) is 0 Å². The number of non-ortho nitro benzene ring substituents is 1. The molecule has 10 heteroatoms. The minimum atomic E-state index is -0.464. The van der Waals surface area contributed by atoms with Crippen LogP contribution in [0.2, 0.25) is 5.02 Å². The van der Waals surface area contributed by atoms with E-state index in [0.717, 1.165) is 27.2 Å². The number of rotatable bonds is 7. The van der Waals surface area contributed by atoms with Crippen LogP contribution in [0, 0.1) is 30.9 Å². The van der Waals surface area contributed by atoms with Gasteiger partial charge < -0.3 is 0 Å². The van der Waals surface area contributed by atoms with Crippen LogP contribution in [-0.4, -0.2) is 32.1 Å². The van der Waals surface area contributed by atoms with Gasteiger partial charge in [0.1, 0.15) is 0 Å². The van der Waals surface area contributed by atoms with E-state index in [0.29, 0.717) is 28.8 Å². The zero-order valence-electron chi connectivity index (χ0n) is 18.9. The summed E-state index contributed by atoms with van der Waals surface area (Å²) >= 11 is 7.61. The summed E-state index contributed by atoms with van der Waals surface area (Å²) in [5, 5.41) is 16.7. The Morgan fingerprint density at radius 1 is 1.24 bits per heavy atom. The molecule has 4 aromatic rings. The van der Waals surface area contributed by atoms with Gasteiger partial charge in [-0.1, -0.05) is 35.1 Å². The molecule has 2 heterocycles. The molecule has 0 N–H and O–H groups in total. The maximum Gasteiger partial charge on any atom is 0.270 e. The second-order valence-corrected chi connectivity index (χ2v) is 9.34. The molecule has 0 aliphatic heterocycles. The number of aromatic nitrogens is 3. The van der Waals surface area contributed by atoms with Gasteiger partial charge in [-0.3, -0.25) is 24.5 Å². The van der Waals surface area contributed by atoms with Crippen molar-refractivity contribution in [2.45, 2.75) is 27.3 Å². The first-order valence-corrected chi connectivity index (χ1v) is 11.7. The van der Waals surface area contributed by atoms with Crippen molar-refractivity contribution >= 4 is 56.0 Å². The first-order chi connectivity index (χ1) is 16.2. The smallest absolute Gasteiger partial charge is 0.270 e. The topological polar surface area (TPSA) is 94.2 Å². The quantitative estimate of drug-likeness (QED) is 0.185. The zero-order chi connectivity index (χ0) is 24.4. The molecule has 0 radical (unpaired) electrons. The molecule has 0 bridgehead atoms. The number of hydrogen-bond donors (Lipinski definition) is 0. The molecule has 174 valence electrons. The molecule has 2 aromatic heterocycles. The number of carbonyl (C=O) groups is 1. The highest BCUT2D eigenvalue weighted by molar-refractivity contribution is 7.22. The lowest BCUT2D eigenvalue weighted by molar-refractivity contribution is -0.384. The first kappa shape index (κ1) is 23.6. The third-order valence-electron chi connectivity index (χ3n) is 5.27. The fraction of sp³-hybridized carbons (Fsp3) is 0.208. The average Bonchev–Trinajstić information content (AvgIpc) is 3.35. The van der Waals surface area contributed by atoms with Gasteiger partial charge in [0.05, 0.1) is 27.4 Å². The van der Waals surface area contributed by atoms with Gasteiger partial charge in [0.15, 0.2) is 5.13 Å². The summed E-state index contributed by atoms with van der Waals surface area (Å²) in [6.45, 7) is 6.67. The summed E-state index contributed by atoms with van der Waals surface area (Å²) in [6, 6.07) is 11.8. The Bertz CT molecular complexity index is 1430. The number of aryl methyl sites for hydroxylation is 3. The number of thiazole rings is 1. The molecular formula is C24H22ClN5O3S. The third kappa shape index (κ3) is 5.16. The molecule has 0 spiro atoms. The van der Waals surface area contributed by atoms with Crippen molar-refractivity contribution in [2.75, 3.05) is 11.4 Å². The van der Waals surface area contributed by atoms with Crippen molar-refractivity contribution in [3.63, 3.8) is 0 Å². The summed E-state index contributed by atoms with van der Waals surface area (Å²) in [7, 11) is 0. The number of carbonyl (C=O) groups excluding carboxylic acids is 1. The molecule has 2 aromatic carbocycles. The van der Waals surface area contributed by atoms with E-state index in [1.807, 2.05) is 43.7 Å². The lowest BCUT2D eigenvalue weighted by Crippen LogP contribution is -2.33. The summed E-state index contributed by atoms with van der Waals surface area (Å²) < 4.78 is 2.75. The molecule has 0 saturated carbocycles. The van der Waals surface area contributed by atoms with Crippen LogP contribution >= 0.6 is 22.9 Å². The van der Waals surface area contributed by atoms with Crippen LogP contribution in [0.25, 0.3) is 16.3 Å². The van der Waals surface area contributed by atoms with Gasteiger partial charge >= 0.3 is 0 Å². The molecule has 0 unspecified atom stereocenters.